The van der Waals surface area contributed by atoms with Crippen LogP contribution in [0.25, 0.3) is 0 Å². The van der Waals surface area contributed by atoms with Crippen molar-refractivity contribution in [2.45, 2.75) is 26.3 Å². The van der Waals surface area contributed by atoms with Crippen LogP contribution in [0.5, 0.6) is 0 Å². The van der Waals surface area contributed by atoms with Gasteiger partial charge in [-0.1, -0.05) is 13.8 Å². The van der Waals surface area contributed by atoms with Crippen LogP contribution in [0.15, 0.2) is 0 Å². The fourth-order valence-corrected chi connectivity index (χ4v) is 0.934. The molecule has 3 heteroatoms. The summed E-state index contributed by atoms with van der Waals surface area (Å²) < 4.78 is 4.55. The number of carbonyl (C=O) groups excluding carboxylic acids is 1. The molecule has 0 unspecified atom stereocenters. The van der Waals surface area contributed by atoms with E-state index in [2.05, 4.69) is 23.9 Å². The first-order valence-corrected chi connectivity index (χ1v) is 3.86. The van der Waals surface area contributed by atoms with E-state index in [0.717, 1.165) is 0 Å². The highest BCUT2D eigenvalue weighted by Gasteiger charge is 2.14. The van der Waals surface area contributed by atoms with Gasteiger partial charge in [-0.05, 0) is 13.0 Å². The van der Waals surface area contributed by atoms with Gasteiger partial charge < -0.3 is 10.1 Å². The number of hydrogen-bond acceptors (Lipinski definition) is 3. The standard InChI is InChI=1S/C8H17NO2/c1-6(2)7(9-3)5-8(10)11-4/h6-7,9H,5H2,1-4H3/t7-/m0/s1. The second kappa shape index (κ2) is 5.13. The monoisotopic (exact) mass is 159 g/mol. The fourth-order valence-electron chi connectivity index (χ4n) is 0.934. The highest BCUT2D eigenvalue weighted by Crippen LogP contribution is 2.05. The predicted molar refractivity (Wildman–Crippen MR) is 44.3 cm³/mol. The topological polar surface area (TPSA) is 38.3 Å². The second-order valence-corrected chi connectivity index (χ2v) is 2.92. The summed E-state index contributed by atoms with van der Waals surface area (Å²) in [4.78, 5) is 10.8. The van der Waals surface area contributed by atoms with Crippen LogP contribution in [0, 0.1) is 5.92 Å². The summed E-state index contributed by atoms with van der Waals surface area (Å²) in [6, 6.07) is 0.224. The lowest BCUT2D eigenvalue weighted by Crippen LogP contribution is -2.33. The summed E-state index contributed by atoms with van der Waals surface area (Å²) in [6.45, 7) is 4.15. The van der Waals surface area contributed by atoms with Crippen molar-refractivity contribution in [2.75, 3.05) is 14.2 Å². The first-order valence-electron chi connectivity index (χ1n) is 3.86. The van der Waals surface area contributed by atoms with Crippen LogP contribution in [0.1, 0.15) is 20.3 Å². The zero-order valence-corrected chi connectivity index (χ0v) is 7.68. The maximum absolute atomic E-state index is 10.8. The molecule has 0 fully saturated rings. The number of rotatable bonds is 4. The molecule has 66 valence electrons. The van der Waals surface area contributed by atoms with Gasteiger partial charge in [0.2, 0.25) is 0 Å². The van der Waals surface area contributed by atoms with Gasteiger partial charge in [-0.2, -0.15) is 0 Å². The van der Waals surface area contributed by atoms with E-state index in [9.17, 15) is 4.79 Å². The molecule has 0 aromatic rings. The molecule has 0 saturated heterocycles. The third-order valence-electron chi connectivity index (χ3n) is 1.79. The average molecular weight is 159 g/mol. The van der Waals surface area contributed by atoms with E-state index in [1.54, 1.807) is 0 Å². The van der Waals surface area contributed by atoms with Gasteiger partial charge in [-0.15, -0.1) is 0 Å². The first kappa shape index (κ1) is 10.4. The summed E-state index contributed by atoms with van der Waals surface area (Å²) in [7, 11) is 3.27. The Balaban J connectivity index is 3.78. The Morgan fingerprint density at radius 1 is 1.55 bits per heavy atom. The molecule has 11 heavy (non-hydrogen) atoms. The molecule has 0 saturated carbocycles. The minimum Gasteiger partial charge on any atom is -0.469 e. The molecule has 1 atom stereocenters. The predicted octanol–water partition coefficient (Wildman–Crippen LogP) is 0.793. The quantitative estimate of drug-likeness (QED) is 0.616. The molecule has 0 radical (unpaired) electrons. The molecule has 0 aromatic carbocycles. The highest BCUT2D eigenvalue weighted by molar-refractivity contribution is 5.69. The molecule has 3 nitrogen and oxygen atoms in total. The molecule has 0 aromatic heterocycles. The summed E-state index contributed by atoms with van der Waals surface area (Å²) in [5.74, 6) is 0.303. The summed E-state index contributed by atoms with van der Waals surface area (Å²) in [5, 5.41) is 3.07. The molecule has 0 bridgehead atoms. The van der Waals surface area contributed by atoms with Crippen LogP contribution < -0.4 is 5.32 Å². The Morgan fingerprint density at radius 2 is 2.09 bits per heavy atom. The lowest BCUT2D eigenvalue weighted by molar-refractivity contribution is -0.141. The van der Waals surface area contributed by atoms with Crippen molar-refractivity contribution < 1.29 is 9.53 Å². The van der Waals surface area contributed by atoms with E-state index in [0.29, 0.717) is 12.3 Å². The first-order chi connectivity index (χ1) is 5.11. The lowest BCUT2D eigenvalue weighted by atomic mass is 10.0. The molecule has 0 amide bonds. The lowest BCUT2D eigenvalue weighted by Gasteiger charge is -2.18. The van der Waals surface area contributed by atoms with Gasteiger partial charge in [0.1, 0.15) is 0 Å². The van der Waals surface area contributed by atoms with Crippen LogP contribution in [0.3, 0.4) is 0 Å². The zero-order valence-electron chi connectivity index (χ0n) is 7.68. The Kier molecular flexibility index (Phi) is 4.86. The maximum atomic E-state index is 10.8. The van der Waals surface area contributed by atoms with E-state index in [-0.39, 0.29) is 12.0 Å². The smallest absolute Gasteiger partial charge is 0.307 e. The van der Waals surface area contributed by atoms with Gasteiger partial charge >= 0.3 is 5.97 Å². The molecule has 1 N–H and O–H groups in total. The molecular formula is C8H17NO2. The average Bonchev–Trinajstić information content (AvgIpc) is 1.99. The SMILES string of the molecule is CN[C@@H](CC(=O)OC)C(C)C. The number of methoxy groups -OCH3 is 1. The van der Waals surface area contributed by atoms with Gasteiger partial charge in [0.25, 0.3) is 0 Å². The van der Waals surface area contributed by atoms with Crippen LogP contribution >= 0.6 is 0 Å². The van der Waals surface area contributed by atoms with Crippen molar-refractivity contribution in [2.24, 2.45) is 5.92 Å². The van der Waals surface area contributed by atoms with E-state index >= 15 is 0 Å². The van der Waals surface area contributed by atoms with Crippen molar-refractivity contribution in [3.63, 3.8) is 0 Å². The molecule has 0 aliphatic heterocycles. The van der Waals surface area contributed by atoms with Gasteiger partial charge in [0, 0.05) is 6.04 Å². The summed E-state index contributed by atoms with van der Waals surface area (Å²) >= 11 is 0. The second-order valence-electron chi connectivity index (χ2n) is 2.92. The fraction of sp³-hybridized carbons (Fsp3) is 0.875. The van der Waals surface area contributed by atoms with Crippen molar-refractivity contribution in [1.82, 2.24) is 5.32 Å². The van der Waals surface area contributed by atoms with Crippen LogP contribution in [-0.2, 0) is 9.53 Å². The maximum Gasteiger partial charge on any atom is 0.307 e. The Morgan fingerprint density at radius 3 is 2.36 bits per heavy atom. The molecule has 0 aliphatic carbocycles. The van der Waals surface area contributed by atoms with Crippen LogP contribution in [0.4, 0.5) is 0 Å². The van der Waals surface area contributed by atoms with E-state index in [1.165, 1.54) is 7.11 Å². The van der Waals surface area contributed by atoms with E-state index in [4.69, 9.17) is 0 Å². The number of nitrogens with one attached hydrogen (secondary N) is 1. The van der Waals surface area contributed by atoms with Crippen molar-refractivity contribution in [3.8, 4) is 0 Å². The van der Waals surface area contributed by atoms with Gasteiger partial charge in [0.15, 0.2) is 0 Å². The van der Waals surface area contributed by atoms with Gasteiger partial charge in [-0.25, -0.2) is 0 Å². The Bertz CT molecular complexity index is 123. The normalized spacial score (nSPS) is 13.2. The molecule has 0 aliphatic rings. The molecule has 0 spiro atoms. The van der Waals surface area contributed by atoms with Crippen molar-refractivity contribution in [3.05, 3.63) is 0 Å². The minimum atomic E-state index is -0.155. The van der Waals surface area contributed by atoms with E-state index in [1.807, 2.05) is 7.05 Å². The van der Waals surface area contributed by atoms with E-state index < -0.39 is 0 Å². The Hall–Kier alpha value is -0.570. The van der Waals surface area contributed by atoms with Crippen LogP contribution in [0.2, 0.25) is 0 Å². The van der Waals surface area contributed by atoms with Crippen LogP contribution in [-0.4, -0.2) is 26.2 Å². The van der Waals surface area contributed by atoms with Gasteiger partial charge in [-0.3, -0.25) is 4.79 Å². The molecule has 0 heterocycles. The summed E-state index contributed by atoms with van der Waals surface area (Å²) in [6.07, 6.45) is 0.449. The third kappa shape index (κ3) is 3.98. The largest absolute Gasteiger partial charge is 0.469 e. The minimum absolute atomic E-state index is 0.155. The molecular weight excluding hydrogens is 142 g/mol. The summed E-state index contributed by atoms with van der Waals surface area (Å²) in [5.41, 5.74) is 0. The van der Waals surface area contributed by atoms with Crippen molar-refractivity contribution >= 4 is 5.97 Å². The highest BCUT2D eigenvalue weighted by atomic mass is 16.5. The Labute approximate surface area is 68.1 Å². The third-order valence-corrected chi connectivity index (χ3v) is 1.79. The molecule has 0 rings (SSSR count). The van der Waals surface area contributed by atoms with Gasteiger partial charge in [0.05, 0.1) is 13.5 Å². The number of esters is 1. The number of ether oxygens (including phenoxy) is 1. The number of hydrogen-bond donors (Lipinski definition) is 1. The zero-order chi connectivity index (χ0) is 8.85. The number of carbonyl (C=O) groups is 1. The van der Waals surface area contributed by atoms with Crippen molar-refractivity contribution in [1.29, 1.82) is 0 Å².